The molecular formula is C18H17NO3. The summed E-state index contributed by atoms with van der Waals surface area (Å²) in [5, 5.41) is 2.81. The maximum atomic E-state index is 12.0. The average molecular weight is 295 g/mol. The highest BCUT2D eigenvalue weighted by atomic mass is 16.7. The molecule has 0 spiro atoms. The van der Waals surface area contributed by atoms with E-state index < -0.39 is 0 Å². The minimum Gasteiger partial charge on any atom is -0.454 e. The van der Waals surface area contributed by atoms with Crippen LogP contribution < -0.4 is 14.8 Å². The Morgan fingerprint density at radius 3 is 2.73 bits per heavy atom. The summed E-state index contributed by atoms with van der Waals surface area (Å²) in [5.41, 5.74) is 4.07. The van der Waals surface area contributed by atoms with Gasteiger partial charge in [0.2, 0.25) is 12.7 Å². The number of anilines is 1. The maximum Gasteiger partial charge on any atom is 0.248 e. The number of benzene rings is 2. The lowest BCUT2D eigenvalue weighted by atomic mass is 10.1. The van der Waals surface area contributed by atoms with Crippen molar-refractivity contribution in [3.8, 4) is 11.5 Å². The van der Waals surface area contributed by atoms with Gasteiger partial charge < -0.3 is 14.8 Å². The van der Waals surface area contributed by atoms with Gasteiger partial charge in [-0.25, -0.2) is 0 Å². The number of nitrogens with one attached hydrogen (secondary N) is 1. The van der Waals surface area contributed by atoms with Crippen LogP contribution in [0.4, 0.5) is 5.69 Å². The molecule has 0 aliphatic carbocycles. The van der Waals surface area contributed by atoms with Crippen LogP contribution in [-0.2, 0) is 4.79 Å². The van der Waals surface area contributed by atoms with Crippen LogP contribution >= 0.6 is 0 Å². The molecule has 3 rings (SSSR count). The number of ether oxygens (including phenoxy) is 2. The topological polar surface area (TPSA) is 47.6 Å². The van der Waals surface area contributed by atoms with Crippen LogP contribution in [0, 0.1) is 13.8 Å². The molecule has 0 saturated carbocycles. The van der Waals surface area contributed by atoms with Gasteiger partial charge in [0, 0.05) is 17.8 Å². The van der Waals surface area contributed by atoms with Crippen molar-refractivity contribution in [1.82, 2.24) is 0 Å². The molecular weight excluding hydrogens is 278 g/mol. The van der Waals surface area contributed by atoms with E-state index in [1.165, 1.54) is 11.6 Å². The van der Waals surface area contributed by atoms with Gasteiger partial charge in [-0.05, 0) is 43.2 Å². The largest absolute Gasteiger partial charge is 0.454 e. The van der Waals surface area contributed by atoms with Gasteiger partial charge in [-0.3, -0.25) is 4.79 Å². The van der Waals surface area contributed by atoms with Gasteiger partial charge in [-0.2, -0.15) is 0 Å². The van der Waals surface area contributed by atoms with E-state index in [4.69, 9.17) is 9.47 Å². The molecule has 4 nitrogen and oxygen atoms in total. The predicted molar refractivity (Wildman–Crippen MR) is 86.1 cm³/mol. The number of amides is 1. The SMILES string of the molecule is Cc1ccc(C=CC(=O)Nc2ccc3c(c2)OCO3)c(C)c1. The van der Waals surface area contributed by atoms with E-state index >= 15 is 0 Å². The Morgan fingerprint density at radius 2 is 1.91 bits per heavy atom. The second kappa shape index (κ2) is 5.93. The zero-order valence-corrected chi connectivity index (χ0v) is 12.6. The Hall–Kier alpha value is -2.75. The number of hydrogen-bond donors (Lipinski definition) is 1. The van der Waals surface area contributed by atoms with E-state index in [9.17, 15) is 4.79 Å². The van der Waals surface area contributed by atoms with Crippen molar-refractivity contribution in [3.05, 3.63) is 59.2 Å². The minimum absolute atomic E-state index is 0.182. The lowest BCUT2D eigenvalue weighted by Gasteiger charge is -2.04. The van der Waals surface area contributed by atoms with E-state index in [1.54, 1.807) is 18.2 Å². The molecule has 0 unspecified atom stereocenters. The summed E-state index contributed by atoms with van der Waals surface area (Å²) in [4.78, 5) is 12.0. The molecule has 1 amide bonds. The van der Waals surface area contributed by atoms with Crippen LogP contribution in [0.5, 0.6) is 11.5 Å². The monoisotopic (exact) mass is 295 g/mol. The highest BCUT2D eigenvalue weighted by Crippen LogP contribution is 2.34. The third kappa shape index (κ3) is 3.11. The smallest absolute Gasteiger partial charge is 0.248 e. The van der Waals surface area contributed by atoms with E-state index in [2.05, 4.69) is 11.4 Å². The number of hydrogen-bond acceptors (Lipinski definition) is 3. The normalized spacial score (nSPS) is 12.6. The van der Waals surface area contributed by atoms with E-state index in [0.717, 1.165) is 11.1 Å². The van der Waals surface area contributed by atoms with Crippen LogP contribution in [0.15, 0.2) is 42.5 Å². The van der Waals surface area contributed by atoms with Gasteiger partial charge in [-0.15, -0.1) is 0 Å². The minimum atomic E-state index is -0.182. The van der Waals surface area contributed by atoms with Gasteiger partial charge in [0.05, 0.1) is 0 Å². The fourth-order valence-corrected chi connectivity index (χ4v) is 2.34. The highest BCUT2D eigenvalue weighted by Gasteiger charge is 2.13. The molecule has 1 aliphatic heterocycles. The van der Waals surface area contributed by atoms with Crippen LogP contribution in [-0.4, -0.2) is 12.7 Å². The van der Waals surface area contributed by atoms with E-state index in [1.807, 2.05) is 32.1 Å². The van der Waals surface area contributed by atoms with E-state index in [0.29, 0.717) is 17.2 Å². The van der Waals surface area contributed by atoms with Gasteiger partial charge in [0.1, 0.15) is 0 Å². The predicted octanol–water partition coefficient (Wildman–Crippen LogP) is 3.68. The molecule has 0 radical (unpaired) electrons. The molecule has 0 atom stereocenters. The molecule has 1 aliphatic rings. The van der Waals surface area contributed by atoms with Crippen molar-refractivity contribution >= 4 is 17.7 Å². The number of rotatable bonds is 3. The lowest BCUT2D eigenvalue weighted by molar-refractivity contribution is -0.111. The van der Waals surface area contributed by atoms with Gasteiger partial charge in [-0.1, -0.05) is 23.8 Å². The lowest BCUT2D eigenvalue weighted by Crippen LogP contribution is -2.07. The fourth-order valence-electron chi connectivity index (χ4n) is 2.34. The molecule has 0 saturated heterocycles. The van der Waals surface area contributed by atoms with Crippen molar-refractivity contribution in [2.75, 3.05) is 12.1 Å². The summed E-state index contributed by atoms with van der Waals surface area (Å²) < 4.78 is 10.5. The zero-order valence-electron chi connectivity index (χ0n) is 12.6. The summed E-state index contributed by atoms with van der Waals surface area (Å²) >= 11 is 0. The van der Waals surface area contributed by atoms with Gasteiger partial charge in [0.25, 0.3) is 0 Å². The molecule has 112 valence electrons. The number of carbonyl (C=O) groups excluding carboxylic acids is 1. The maximum absolute atomic E-state index is 12.0. The van der Waals surface area contributed by atoms with Crippen molar-refractivity contribution in [2.45, 2.75) is 13.8 Å². The standard InChI is InChI=1S/C18H17NO3/c1-12-3-4-14(13(2)9-12)5-8-18(20)19-15-6-7-16-17(10-15)22-11-21-16/h3-10H,11H2,1-2H3,(H,19,20). The first-order valence-corrected chi connectivity index (χ1v) is 7.08. The van der Waals surface area contributed by atoms with Crippen molar-refractivity contribution in [2.24, 2.45) is 0 Å². The molecule has 22 heavy (non-hydrogen) atoms. The van der Waals surface area contributed by atoms with Gasteiger partial charge in [0.15, 0.2) is 11.5 Å². The molecule has 0 fully saturated rings. The second-order valence-electron chi connectivity index (χ2n) is 5.25. The molecule has 4 heteroatoms. The number of aryl methyl sites for hydroxylation is 2. The quantitative estimate of drug-likeness (QED) is 0.879. The van der Waals surface area contributed by atoms with Crippen molar-refractivity contribution < 1.29 is 14.3 Å². The Bertz CT molecular complexity index is 750. The Morgan fingerprint density at radius 1 is 1.09 bits per heavy atom. The van der Waals surface area contributed by atoms with Crippen LogP contribution in [0.1, 0.15) is 16.7 Å². The first kappa shape index (κ1) is 14.2. The summed E-state index contributed by atoms with van der Waals surface area (Å²) in [6.07, 6.45) is 3.35. The van der Waals surface area contributed by atoms with Gasteiger partial charge >= 0.3 is 0 Å². The summed E-state index contributed by atoms with van der Waals surface area (Å²) in [7, 11) is 0. The Kier molecular flexibility index (Phi) is 3.83. The van der Waals surface area contributed by atoms with Crippen LogP contribution in [0.2, 0.25) is 0 Å². The summed E-state index contributed by atoms with van der Waals surface area (Å²) in [5.74, 6) is 1.17. The first-order chi connectivity index (χ1) is 10.6. The molecule has 1 N–H and O–H groups in total. The first-order valence-electron chi connectivity index (χ1n) is 7.08. The zero-order chi connectivity index (χ0) is 15.5. The average Bonchev–Trinajstić information content (AvgIpc) is 2.94. The summed E-state index contributed by atoms with van der Waals surface area (Å²) in [6, 6.07) is 11.5. The third-order valence-electron chi connectivity index (χ3n) is 3.48. The Balaban J connectivity index is 1.68. The van der Waals surface area contributed by atoms with Crippen LogP contribution in [0.3, 0.4) is 0 Å². The van der Waals surface area contributed by atoms with Crippen molar-refractivity contribution in [3.63, 3.8) is 0 Å². The molecule has 2 aromatic rings. The molecule has 0 bridgehead atoms. The molecule has 0 aromatic heterocycles. The van der Waals surface area contributed by atoms with Crippen molar-refractivity contribution in [1.29, 1.82) is 0 Å². The highest BCUT2D eigenvalue weighted by molar-refractivity contribution is 6.02. The Labute approximate surface area is 129 Å². The summed E-state index contributed by atoms with van der Waals surface area (Å²) in [6.45, 7) is 4.30. The fraction of sp³-hybridized carbons (Fsp3) is 0.167. The molecule has 2 aromatic carbocycles. The third-order valence-corrected chi connectivity index (χ3v) is 3.48. The molecule has 1 heterocycles. The number of fused-ring (bicyclic) bond motifs is 1. The second-order valence-corrected chi connectivity index (χ2v) is 5.25. The van der Waals surface area contributed by atoms with E-state index in [-0.39, 0.29) is 12.7 Å². The van der Waals surface area contributed by atoms with Crippen LogP contribution in [0.25, 0.3) is 6.08 Å². The number of carbonyl (C=O) groups is 1.